The standard InChI is InChI=1S/C13H20N2O4/c1-18-10-4-3-9(12(7-10)19-2)8-15-6-5-11(14)13(16)17/h3-4,7,11,15H,5-6,8,14H2,1-2H3,(H,16,17). The zero-order valence-electron chi connectivity index (χ0n) is 11.2. The van der Waals surface area contributed by atoms with Gasteiger partial charge in [0.2, 0.25) is 0 Å². The second-order valence-electron chi connectivity index (χ2n) is 4.09. The maximum absolute atomic E-state index is 10.5. The van der Waals surface area contributed by atoms with Crippen molar-refractivity contribution in [3.05, 3.63) is 23.8 Å². The highest BCUT2D eigenvalue weighted by Crippen LogP contribution is 2.24. The van der Waals surface area contributed by atoms with E-state index in [1.54, 1.807) is 20.3 Å². The summed E-state index contributed by atoms with van der Waals surface area (Å²) in [6.45, 7) is 1.11. The predicted octanol–water partition coefficient (Wildman–Crippen LogP) is 0.595. The Morgan fingerprint density at radius 2 is 2.16 bits per heavy atom. The Balaban J connectivity index is 2.47. The van der Waals surface area contributed by atoms with Crippen molar-refractivity contribution in [1.82, 2.24) is 5.32 Å². The Morgan fingerprint density at radius 3 is 2.74 bits per heavy atom. The van der Waals surface area contributed by atoms with Gasteiger partial charge in [0.15, 0.2) is 0 Å². The number of benzene rings is 1. The van der Waals surface area contributed by atoms with Crippen molar-refractivity contribution >= 4 is 5.97 Å². The van der Waals surface area contributed by atoms with Gasteiger partial charge in [-0.25, -0.2) is 0 Å². The summed E-state index contributed by atoms with van der Waals surface area (Å²) >= 11 is 0. The number of hydrogen-bond acceptors (Lipinski definition) is 5. The number of carboxylic acids is 1. The van der Waals surface area contributed by atoms with Gasteiger partial charge in [-0.2, -0.15) is 0 Å². The Kier molecular flexibility index (Phi) is 6.11. The first-order chi connectivity index (χ1) is 9.08. The first-order valence-electron chi connectivity index (χ1n) is 5.98. The number of carboxylic acid groups (broad SMARTS) is 1. The van der Waals surface area contributed by atoms with Crippen LogP contribution in [0.4, 0.5) is 0 Å². The summed E-state index contributed by atoms with van der Waals surface area (Å²) in [5.41, 5.74) is 6.39. The van der Waals surface area contributed by atoms with Crippen LogP contribution in [-0.4, -0.2) is 37.9 Å². The minimum atomic E-state index is -0.983. The predicted molar refractivity (Wildman–Crippen MR) is 71.5 cm³/mol. The van der Waals surface area contributed by atoms with Crippen molar-refractivity contribution in [2.75, 3.05) is 20.8 Å². The van der Waals surface area contributed by atoms with E-state index in [-0.39, 0.29) is 0 Å². The lowest BCUT2D eigenvalue weighted by Crippen LogP contribution is -2.33. The fourth-order valence-corrected chi connectivity index (χ4v) is 1.60. The van der Waals surface area contributed by atoms with E-state index < -0.39 is 12.0 Å². The quantitative estimate of drug-likeness (QED) is 0.598. The van der Waals surface area contributed by atoms with Crippen molar-refractivity contribution in [1.29, 1.82) is 0 Å². The lowest BCUT2D eigenvalue weighted by molar-refractivity contribution is -0.138. The molecule has 0 aliphatic heterocycles. The molecule has 0 aliphatic rings. The smallest absolute Gasteiger partial charge is 0.320 e. The van der Waals surface area contributed by atoms with Gasteiger partial charge < -0.3 is 25.6 Å². The topological polar surface area (TPSA) is 93.8 Å². The molecule has 1 aromatic carbocycles. The summed E-state index contributed by atoms with van der Waals surface area (Å²) in [7, 11) is 3.19. The first kappa shape index (κ1) is 15.3. The van der Waals surface area contributed by atoms with Crippen LogP contribution in [0.2, 0.25) is 0 Å². The summed E-state index contributed by atoms with van der Waals surface area (Å²) in [5, 5.41) is 11.8. The van der Waals surface area contributed by atoms with Crippen LogP contribution >= 0.6 is 0 Å². The van der Waals surface area contributed by atoms with Crippen molar-refractivity contribution in [3.8, 4) is 11.5 Å². The van der Waals surface area contributed by atoms with Crippen LogP contribution in [0.1, 0.15) is 12.0 Å². The van der Waals surface area contributed by atoms with Crippen LogP contribution in [0.5, 0.6) is 11.5 Å². The molecule has 0 spiro atoms. The molecule has 1 atom stereocenters. The zero-order chi connectivity index (χ0) is 14.3. The van der Waals surface area contributed by atoms with E-state index >= 15 is 0 Å². The molecule has 0 saturated heterocycles. The summed E-state index contributed by atoms with van der Waals surface area (Å²) in [5.74, 6) is 0.478. The third-order valence-electron chi connectivity index (χ3n) is 2.76. The van der Waals surface area contributed by atoms with E-state index in [9.17, 15) is 4.79 Å². The molecule has 106 valence electrons. The van der Waals surface area contributed by atoms with Gasteiger partial charge in [-0.15, -0.1) is 0 Å². The molecule has 0 radical (unpaired) electrons. The Bertz CT molecular complexity index is 423. The van der Waals surface area contributed by atoms with Crippen LogP contribution in [0.3, 0.4) is 0 Å². The fraction of sp³-hybridized carbons (Fsp3) is 0.462. The molecular formula is C13H20N2O4. The van der Waals surface area contributed by atoms with E-state index in [1.807, 2.05) is 12.1 Å². The van der Waals surface area contributed by atoms with E-state index in [1.165, 1.54) is 0 Å². The van der Waals surface area contributed by atoms with Crippen LogP contribution in [0, 0.1) is 0 Å². The highest BCUT2D eigenvalue weighted by atomic mass is 16.5. The Hall–Kier alpha value is -1.79. The molecule has 0 aliphatic carbocycles. The van der Waals surface area contributed by atoms with Crippen LogP contribution < -0.4 is 20.5 Å². The molecule has 1 rings (SSSR count). The van der Waals surface area contributed by atoms with Gasteiger partial charge in [-0.05, 0) is 19.0 Å². The molecule has 1 unspecified atom stereocenters. The lowest BCUT2D eigenvalue weighted by atomic mass is 10.1. The third-order valence-corrected chi connectivity index (χ3v) is 2.76. The molecule has 1 aromatic rings. The SMILES string of the molecule is COc1ccc(CNCCC(N)C(=O)O)c(OC)c1. The molecule has 0 amide bonds. The second-order valence-corrected chi connectivity index (χ2v) is 4.09. The lowest BCUT2D eigenvalue weighted by Gasteiger charge is -2.12. The van der Waals surface area contributed by atoms with Gasteiger partial charge in [-0.3, -0.25) is 4.79 Å². The molecule has 19 heavy (non-hydrogen) atoms. The summed E-state index contributed by atoms with van der Waals surface area (Å²) in [4.78, 5) is 10.5. The van der Waals surface area contributed by atoms with Gasteiger partial charge in [0, 0.05) is 18.2 Å². The molecule has 6 heteroatoms. The van der Waals surface area contributed by atoms with Crippen molar-refractivity contribution in [2.24, 2.45) is 5.73 Å². The Morgan fingerprint density at radius 1 is 1.42 bits per heavy atom. The molecule has 0 aromatic heterocycles. The average molecular weight is 268 g/mol. The zero-order valence-corrected chi connectivity index (χ0v) is 11.2. The normalized spacial score (nSPS) is 11.9. The number of aliphatic carboxylic acids is 1. The molecule has 6 nitrogen and oxygen atoms in total. The minimum absolute atomic E-state index is 0.383. The first-order valence-corrected chi connectivity index (χ1v) is 5.98. The average Bonchev–Trinajstić information content (AvgIpc) is 2.43. The number of rotatable bonds is 8. The monoisotopic (exact) mass is 268 g/mol. The van der Waals surface area contributed by atoms with E-state index in [0.29, 0.717) is 19.5 Å². The van der Waals surface area contributed by atoms with E-state index in [0.717, 1.165) is 17.1 Å². The molecule has 0 fully saturated rings. The van der Waals surface area contributed by atoms with Gasteiger partial charge in [0.1, 0.15) is 17.5 Å². The van der Waals surface area contributed by atoms with Gasteiger partial charge in [0.05, 0.1) is 14.2 Å². The summed E-state index contributed by atoms with van der Waals surface area (Å²) < 4.78 is 10.4. The van der Waals surface area contributed by atoms with E-state index in [4.69, 9.17) is 20.3 Å². The van der Waals surface area contributed by atoms with Crippen molar-refractivity contribution in [3.63, 3.8) is 0 Å². The number of nitrogens with two attached hydrogens (primary N) is 1. The maximum Gasteiger partial charge on any atom is 0.320 e. The van der Waals surface area contributed by atoms with Crippen molar-refractivity contribution < 1.29 is 19.4 Å². The maximum atomic E-state index is 10.5. The highest BCUT2D eigenvalue weighted by Gasteiger charge is 2.10. The number of nitrogens with one attached hydrogen (secondary N) is 1. The minimum Gasteiger partial charge on any atom is -0.497 e. The van der Waals surface area contributed by atoms with Crippen LogP contribution in [0.25, 0.3) is 0 Å². The fourth-order valence-electron chi connectivity index (χ4n) is 1.60. The largest absolute Gasteiger partial charge is 0.497 e. The number of methoxy groups -OCH3 is 2. The highest BCUT2D eigenvalue weighted by molar-refractivity contribution is 5.72. The van der Waals surface area contributed by atoms with E-state index in [2.05, 4.69) is 5.32 Å². The summed E-state index contributed by atoms with van der Waals surface area (Å²) in [6.07, 6.45) is 0.383. The molecule has 4 N–H and O–H groups in total. The number of hydrogen-bond donors (Lipinski definition) is 3. The number of carbonyl (C=O) groups is 1. The van der Waals surface area contributed by atoms with Crippen molar-refractivity contribution in [2.45, 2.75) is 19.0 Å². The molecule has 0 bridgehead atoms. The van der Waals surface area contributed by atoms with Gasteiger partial charge in [-0.1, -0.05) is 6.07 Å². The molecule has 0 heterocycles. The van der Waals surface area contributed by atoms with Gasteiger partial charge in [0.25, 0.3) is 0 Å². The van der Waals surface area contributed by atoms with Gasteiger partial charge >= 0.3 is 5.97 Å². The third kappa shape index (κ3) is 4.76. The summed E-state index contributed by atoms with van der Waals surface area (Å²) in [6, 6.07) is 4.73. The second kappa shape index (κ2) is 7.60. The number of ether oxygens (including phenoxy) is 2. The molecular weight excluding hydrogens is 248 g/mol. The van der Waals surface area contributed by atoms with Crippen LogP contribution in [-0.2, 0) is 11.3 Å². The molecule has 0 saturated carbocycles. The Labute approximate surface area is 112 Å². The van der Waals surface area contributed by atoms with Crippen LogP contribution in [0.15, 0.2) is 18.2 Å².